The van der Waals surface area contributed by atoms with E-state index >= 15 is 0 Å². The van der Waals surface area contributed by atoms with Crippen molar-refractivity contribution in [3.8, 4) is 28.8 Å². The number of methoxy groups -OCH3 is 1. The normalized spacial score (nSPS) is 11.3. The number of carbonyl (C=O) groups excluding carboxylic acids is 1. The highest BCUT2D eigenvalue weighted by Gasteiger charge is 2.29. The fourth-order valence-corrected chi connectivity index (χ4v) is 3.40. The van der Waals surface area contributed by atoms with Gasteiger partial charge in [0.25, 0.3) is 11.8 Å². The Balaban J connectivity index is 1.98. The van der Waals surface area contributed by atoms with Crippen molar-refractivity contribution in [3.05, 3.63) is 41.9 Å². The van der Waals surface area contributed by atoms with Crippen LogP contribution in [0.25, 0.3) is 11.3 Å². The summed E-state index contributed by atoms with van der Waals surface area (Å²) in [6.45, 7) is 4.97. The zero-order chi connectivity index (χ0) is 26.5. The Morgan fingerprint density at radius 1 is 1.14 bits per heavy atom. The second kappa shape index (κ2) is 11.3. The number of hydrogen-bond acceptors (Lipinski definition) is 7. The Labute approximate surface area is 206 Å². The highest BCUT2D eigenvalue weighted by molar-refractivity contribution is 6.08. The number of aryl methyl sites for hydroxylation is 1. The van der Waals surface area contributed by atoms with E-state index < -0.39 is 18.6 Å². The minimum atomic E-state index is -4.43. The third-order valence-electron chi connectivity index (χ3n) is 5.11. The molecular weight excluding hydrogens is 479 g/mol. The highest BCUT2D eigenvalue weighted by Crippen LogP contribution is 2.33. The van der Waals surface area contributed by atoms with Crippen molar-refractivity contribution < 1.29 is 32.2 Å². The van der Waals surface area contributed by atoms with E-state index in [1.54, 1.807) is 25.3 Å². The number of halogens is 3. The first-order chi connectivity index (χ1) is 17.1. The van der Waals surface area contributed by atoms with E-state index in [1.807, 2.05) is 13.8 Å². The minimum Gasteiger partial charge on any atom is -0.491 e. The molecule has 3 aromatic heterocycles. The summed E-state index contributed by atoms with van der Waals surface area (Å²) in [5.41, 5.74) is 2.10. The van der Waals surface area contributed by atoms with Crippen LogP contribution in [0.3, 0.4) is 0 Å². The number of carbonyl (C=O) groups is 1. The topological polar surface area (TPSA) is 91.6 Å². The molecule has 0 saturated carbocycles. The van der Waals surface area contributed by atoms with Crippen LogP contribution in [0, 0.1) is 6.92 Å². The summed E-state index contributed by atoms with van der Waals surface area (Å²) >= 11 is 0. The Kier molecular flexibility index (Phi) is 8.38. The first-order valence-corrected chi connectivity index (χ1v) is 11.3. The summed E-state index contributed by atoms with van der Waals surface area (Å²) < 4.78 is 55.5. The number of hydrogen-bond donors (Lipinski definition) is 0. The average molecular weight is 508 g/mol. The zero-order valence-electron chi connectivity index (χ0n) is 20.7. The van der Waals surface area contributed by atoms with Gasteiger partial charge in [-0.3, -0.25) is 9.48 Å². The van der Waals surface area contributed by atoms with Crippen LogP contribution in [0.2, 0.25) is 0 Å². The lowest BCUT2D eigenvalue weighted by atomic mass is 10.1. The maximum absolute atomic E-state index is 13.4. The molecule has 0 bridgehead atoms. The molecule has 9 nitrogen and oxygen atoms in total. The second-order valence-corrected chi connectivity index (χ2v) is 7.89. The molecule has 0 aliphatic carbocycles. The van der Waals surface area contributed by atoms with E-state index in [2.05, 4.69) is 15.1 Å². The molecule has 0 aliphatic rings. The van der Waals surface area contributed by atoms with Gasteiger partial charge in [0.2, 0.25) is 5.88 Å². The van der Waals surface area contributed by atoms with Crippen molar-refractivity contribution in [1.82, 2.24) is 19.7 Å². The molecule has 0 saturated heterocycles. The van der Waals surface area contributed by atoms with Gasteiger partial charge in [0.15, 0.2) is 5.75 Å². The highest BCUT2D eigenvalue weighted by atomic mass is 19.4. The lowest BCUT2D eigenvalue weighted by Crippen LogP contribution is -2.28. The fourth-order valence-electron chi connectivity index (χ4n) is 3.40. The molecule has 12 heteroatoms. The van der Waals surface area contributed by atoms with Crippen molar-refractivity contribution in [2.24, 2.45) is 0 Å². The van der Waals surface area contributed by atoms with E-state index in [0.29, 0.717) is 48.1 Å². The van der Waals surface area contributed by atoms with E-state index in [0.717, 1.165) is 10.9 Å². The largest absolute Gasteiger partial charge is 0.491 e. The number of aromatic nitrogens is 4. The van der Waals surface area contributed by atoms with Crippen LogP contribution in [0.1, 0.15) is 36.2 Å². The average Bonchev–Trinajstić information content (AvgIpc) is 3.28. The standard InChI is InChI=1S/C24H28F3N5O4/c1-6-8-36-22-20(23(33)31(4)17-12-29-32(13-17)14-24(25,26)27)15(3)9-18(30-22)16-10-19(34-5)21(28-11-16)35-7-2/h9-13H,6-8,14H2,1-5H3. The Bertz CT molecular complexity index is 1210. The summed E-state index contributed by atoms with van der Waals surface area (Å²) in [6.07, 6.45) is 0.193. The van der Waals surface area contributed by atoms with Crippen LogP contribution in [-0.2, 0) is 6.54 Å². The van der Waals surface area contributed by atoms with Gasteiger partial charge in [-0.1, -0.05) is 6.92 Å². The monoisotopic (exact) mass is 507 g/mol. The molecular formula is C24H28F3N5O4. The van der Waals surface area contributed by atoms with Gasteiger partial charge >= 0.3 is 6.18 Å². The molecule has 0 spiro atoms. The summed E-state index contributed by atoms with van der Waals surface area (Å²) in [5.74, 6) is 0.397. The predicted molar refractivity (Wildman–Crippen MR) is 127 cm³/mol. The Morgan fingerprint density at radius 2 is 1.89 bits per heavy atom. The van der Waals surface area contributed by atoms with Crippen LogP contribution in [0.4, 0.5) is 18.9 Å². The van der Waals surface area contributed by atoms with E-state index in [9.17, 15) is 18.0 Å². The first kappa shape index (κ1) is 26.8. The zero-order valence-corrected chi connectivity index (χ0v) is 20.7. The van der Waals surface area contributed by atoms with Gasteiger partial charge in [-0.25, -0.2) is 9.97 Å². The summed E-state index contributed by atoms with van der Waals surface area (Å²) in [6, 6.07) is 3.44. The molecule has 0 aliphatic heterocycles. The Morgan fingerprint density at radius 3 is 2.53 bits per heavy atom. The maximum Gasteiger partial charge on any atom is 0.408 e. The van der Waals surface area contributed by atoms with Gasteiger partial charge in [-0.15, -0.1) is 0 Å². The smallest absolute Gasteiger partial charge is 0.408 e. The fraction of sp³-hybridized carbons (Fsp3) is 0.417. The predicted octanol–water partition coefficient (Wildman–Crippen LogP) is 4.68. The van der Waals surface area contributed by atoms with E-state index in [4.69, 9.17) is 14.2 Å². The lowest BCUT2D eigenvalue weighted by Gasteiger charge is -2.20. The van der Waals surface area contributed by atoms with Crippen molar-refractivity contribution in [3.63, 3.8) is 0 Å². The van der Waals surface area contributed by atoms with Crippen molar-refractivity contribution in [2.75, 3.05) is 32.3 Å². The lowest BCUT2D eigenvalue weighted by molar-refractivity contribution is -0.142. The molecule has 0 fully saturated rings. The third-order valence-corrected chi connectivity index (χ3v) is 5.11. The maximum atomic E-state index is 13.4. The third kappa shape index (κ3) is 6.23. The molecule has 3 rings (SSSR count). The number of alkyl halides is 3. The van der Waals surface area contributed by atoms with Crippen LogP contribution in [-0.4, -0.2) is 59.2 Å². The molecule has 0 unspecified atom stereocenters. The van der Waals surface area contributed by atoms with Crippen LogP contribution in [0.5, 0.6) is 17.5 Å². The molecule has 3 aromatic rings. The van der Waals surface area contributed by atoms with Gasteiger partial charge in [0, 0.05) is 25.0 Å². The van der Waals surface area contributed by atoms with E-state index in [1.165, 1.54) is 25.3 Å². The van der Waals surface area contributed by atoms with Crippen LogP contribution >= 0.6 is 0 Å². The summed E-state index contributed by atoms with van der Waals surface area (Å²) in [4.78, 5) is 23.5. The SMILES string of the molecule is CCCOc1nc(-c2cnc(OCC)c(OC)c2)cc(C)c1C(=O)N(C)c1cnn(CC(F)(F)F)c1. The van der Waals surface area contributed by atoms with Crippen molar-refractivity contribution in [2.45, 2.75) is 39.9 Å². The van der Waals surface area contributed by atoms with Crippen molar-refractivity contribution >= 4 is 11.6 Å². The van der Waals surface area contributed by atoms with Gasteiger partial charge in [-0.05, 0) is 38.0 Å². The number of pyridine rings is 2. The van der Waals surface area contributed by atoms with Crippen molar-refractivity contribution in [1.29, 1.82) is 0 Å². The number of rotatable bonds is 10. The van der Waals surface area contributed by atoms with Gasteiger partial charge in [-0.2, -0.15) is 18.3 Å². The number of nitrogens with zero attached hydrogens (tertiary/aromatic N) is 5. The number of ether oxygens (including phenoxy) is 3. The molecule has 0 atom stereocenters. The summed E-state index contributed by atoms with van der Waals surface area (Å²) in [7, 11) is 2.96. The van der Waals surface area contributed by atoms with Crippen LogP contribution in [0.15, 0.2) is 30.7 Å². The number of amides is 1. The molecule has 1 amide bonds. The van der Waals surface area contributed by atoms with Gasteiger partial charge in [0.1, 0.15) is 12.1 Å². The van der Waals surface area contributed by atoms with Gasteiger partial charge < -0.3 is 19.1 Å². The molecule has 36 heavy (non-hydrogen) atoms. The molecule has 3 heterocycles. The molecule has 0 aromatic carbocycles. The Hall–Kier alpha value is -3.83. The first-order valence-electron chi connectivity index (χ1n) is 11.3. The van der Waals surface area contributed by atoms with E-state index in [-0.39, 0.29) is 17.1 Å². The van der Waals surface area contributed by atoms with Gasteiger partial charge in [0.05, 0.1) is 37.9 Å². The molecule has 0 N–H and O–H groups in total. The number of anilines is 1. The van der Waals surface area contributed by atoms with Crippen LogP contribution < -0.4 is 19.1 Å². The molecule has 0 radical (unpaired) electrons. The quantitative estimate of drug-likeness (QED) is 0.393. The molecule has 194 valence electrons. The minimum absolute atomic E-state index is 0.110. The second-order valence-electron chi connectivity index (χ2n) is 7.89. The summed E-state index contributed by atoms with van der Waals surface area (Å²) in [5, 5.41) is 3.71.